The number of aromatic nitrogens is 7. The molecule has 3 aromatic heterocycles. The van der Waals surface area contributed by atoms with Crippen LogP contribution in [0, 0.1) is 0 Å². The second-order valence-electron chi connectivity index (χ2n) is 9.05. The number of aromatic carboxylic acids is 4. The molecule has 0 fully saturated rings. The first kappa shape index (κ1) is 41.8. The Balaban J connectivity index is 0.00000264. The maximum absolute atomic E-state index is 11.3. The minimum absolute atomic E-state index is 0. The van der Waals surface area contributed by atoms with Crippen molar-refractivity contribution in [3.63, 3.8) is 0 Å². The number of benzene rings is 2. The average Bonchev–Trinajstić information content (AvgIpc) is 3.62. The van der Waals surface area contributed by atoms with E-state index >= 15 is 0 Å². The molecule has 19 heteroatoms. The first-order valence-electron chi connectivity index (χ1n) is 11.9. The molecule has 0 saturated heterocycles. The third kappa shape index (κ3) is 10.4. The molecule has 0 N–H and O–H groups in total. The van der Waals surface area contributed by atoms with Gasteiger partial charge in [0.25, 0.3) is 0 Å². The van der Waals surface area contributed by atoms with Crippen LogP contribution in [0.4, 0.5) is 0 Å². The van der Waals surface area contributed by atoms with E-state index in [-0.39, 0.29) is 154 Å². The fraction of sp³-hybridized carbons (Fsp3) is 0.0741. The molecule has 15 nitrogen and oxygen atoms in total. The minimum atomic E-state index is -1.54. The number of carbonyl (C=O) groups is 4. The normalized spacial score (nSPS) is 9.91. The van der Waals surface area contributed by atoms with Gasteiger partial charge < -0.3 is 39.6 Å². The van der Waals surface area contributed by atoms with E-state index in [2.05, 4.69) is 25.6 Å². The minimum Gasteiger partial charge on any atom is -0.545 e. The van der Waals surface area contributed by atoms with Gasteiger partial charge >= 0.3 is 118 Å². The Kier molecular flexibility index (Phi) is 16.7. The van der Waals surface area contributed by atoms with Gasteiger partial charge in [-0.05, 0) is 75.8 Å². The molecule has 0 aliphatic carbocycles. The zero-order valence-corrected chi connectivity index (χ0v) is 33.2. The summed E-state index contributed by atoms with van der Waals surface area (Å²) in [6, 6.07) is 8.68. The molecule has 2 aromatic carbocycles. The number of nitrogens with zero attached hydrogens (tertiary/aromatic N) is 7. The van der Waals surface area contributed by atoms with Crippen LogP contribution in [0.3, 0.4) is 0 Å². The number of carbonyl (C=O) groups excluding carboxylic acids is 4. The molecule has 5 rings (SSSR count). The number of hydrogen-bond acceptors (Lipinski definition) is 13. The molecule has 210 valence electrons. The smallest absolute Gasteiger partial charge is 0.545 e. The summed E-state index contributed by atoms with van der Waals surface area (Å²) in [6.07, 6.45) is 6.17. The van der Waals surface area contributed by atoms with E-state index in [1.165, 1.54) is 46.0 Å². The van der Waals surface area contributed by atoms with E-state index in [4.69, 9.17) is 0 Å². The largest absolute Gasteiger partial charge is 1.00 e. The van der Waals surface area contributed by atoms with E-state index in [9.17, 15) is 39.6 Å². The standard InChI is InChI=1S/C27H19N7O8.4Na/c35-24(36)16-1-14(2-17(5-16)25(37)38)10-33-12-22(29-31-33)20-7-21(9-28-8-20)23-13-34(32-30-23)11-15-3-18(26(39)40)6-19(4-15)27(41)42;;;;/h1-9,12-13H,10-11H2,(H,35,36)(H,37,38)(H,39,40)(H,41,42);;;;/q;4*+1/p-4. The van der Waals surface area contributed by atoms with Crippen molar-refractivity contribution in [2.24, 2.45) is 0 Å². The summed E-state index contributed by atoms with van der Waals surface area (Å²) in [6.45, 7) is 0.0171. The number of rotatable bonds is 10. The van der Waals surface area contributed by atoms with E-state index in [1.807, 2.05) is 0 Å². The molecule has 5 aromatic rings. The van der Waals surface area contributed by atoms with Gasteiger partial charge in [0.15, 0.2) is 0 Å². The van der Waals surface area contributed by atoms with Crippen molar-refractivity contribution in [2.75, 3.05) is 0 Å². The maximum atomic E-state index is 11.3. The molecule has 0 aliphatic rings. The van der Waals surface area contributed by atoms with Crippen molar-refractivity contribution >= 4 is 23.9 Å². The first-order chi connectivity index (χ1) is 20.0. The Hall–Kier alpha value is -2.25. The van der Waals surface area contributed by atoms with Crippen LogP contribution in [0.25, 0.3) is 22.5 Å². The second kappa shape index (κ2) is 18.3. The van der Waals surface area contributed by atoms with Crippen LogP contribution >= 0.6 is 0 Å². The van der Waals surface area contributed by atoms with Crippen molar-refractivity contribution < 1.29 is 158 Å². The predicted octanol–water partition coefficient (Wildman–Crippen LogP) is -14.8. The maximum Gasteiger partial charge on any atom is 1.00 e. The first-order valence-corrected chi connectivity index (χ1v) is 11.9. The summed E-state index contributed by atoms with van der Waals surface area (Å²) < 4.78 is 2.76. The zero-order chi connectivity index (χ0) is 30.0. The summed E-state index contributed by atoms with van der Waals surface area (Å²) in [4.78, 5) is 49.3. The van der Waals surface area contributed by atoms with Crippen molar-refractivity contribution in [2.45, 2.75) is 13.1 Å². The van der Waals surface area contributed by atoms with Gasteiger partial charge in [-0.3, -0.25) is 4.98 Å². The van der Waals surface area contributed by atoms with Crippen LogP contribution in [0.2, 0.25) is 0 Å². The Morgan fingerprint density at radius 3 is 1.15 bits per heavy atom. The molecule has 0 aliphatic heterocycles. The summed E-state index contributed by atoms with van der Waals surface area (Å²) in [5.41, 5.74) is 1.29. The molecule has 0 spiro atoms. The van der Waals surface area contributed by atoms with Gasteiger partial charge in [-0.15, -0.1) is 10.2 Å². The molecule has 0 amide bonds. The Morgan fingerprint density at radius 1 is 0.522 bits per heavy atom. The van der Waals surface area contributed by atoms with Gasteiger partial charge in [0.05, 0.1) is 49.4 Å². The van der Waals surface area contributed by atoms with Crippen molar-refractivity contribution in [1.29, 1.82) is 0 Å². The van der Waals surface area contributed by atoms with Crippen LogP contribution in [0.1, 0.15) is 52.6 Å². The van der Waals surface area contributed by atoms with Gasteiger partial charge in [0, 0.05) is 23.5 Å². The van der Waals surface area contributed by atoms with Gasteiger partial charge in [0.1, 0.15) is 11.4 Å². The van der Waals surface area contributed by atoms with Gasteiger partial charge in [-0.25, -0.2) is 9.36 Å². The molecule has 0 atom stereocenters. The van der Waals surface area contributed by atoms with Crippen molar-refractivity contribution in [3.05, 3.63) is 101 Å². The topological polar surface area (TPSA) is 235 Å². The van der Waals surface area contributed by atoms with E-state index in [0.717, 1.165) is 12.1 Å². The van der Waals surface area contributed by atoms with E-state index in [1.54, 1.807) is 18.5 Å². The quantitative estimate of drug-likeness (QED) is 0.127. The average molecular weight is 657 g/mol. The molecule has 0 bridgehead atoms. The third-order valence-electron chi connectivity index (χ3n) is 6.02. The van der Waals surface area contributed by atoms with Gasteiger partial charge in [-0.2, -0.15) is 0 Å². The SMILES string of the molecule is O=C([O-])c1cc(Cn2cc(-c3cncc(-c4cn(Cc5cc(C(=O)[O-])cc(C(=O)[O-])c5)nn4)c3)nn2)cc(C(=O)[O-])c1.[Na+].[Na+].[Na+].[Na+]. The molecular weight excluding hydrogens is 642 g/mol. The second-order valence-corrected chi connectivity index (χ2v) is 9.05. The van der Waals surface area contributed by atoms with Crippen LogP contribution in [-0.4, -0.2) is 58.8 Å². The Morgan fingerprint density at radius 2 is 0.848 bits per heavy atom. The van der Waals surface area contributed by atoms with Gasteiger partial charge in [0.2, 0.25) is 0 Å². The Bertz CT molecular complexity index is 1700. The summed E-state index contributed by atoms with van der Waals surface area (Å²) in [5, 5.41) is 61.3. The van der Waals surface area contributed by atoms with Crippen LogP contribution in [0.5, 0.6) is 0 Å². The fourth-order valence-corrected chi connectivity index (χ4v) is 4.15. The number of carboxylic acid groups (broad SMARTS) is 4. The molecule has 0 radical (unpaired) electrons. The summed E-state index contributed by atoms with van der Waals surface area (Å²) in [5.74, 6) is -6.14. The van der Waals surface area contributed by atoms with Crippen LogP contribution in [0.15, 0.2) is 67.3 Å². The van der Waals surface area contributed by atoms with E-state index < -0.39 is 23.9 Å². The zero-order valence-electron chi connectivity index (χ0n) is 25.2. The van der Waals surface area contributed by atoms with Crippen LogP contribution in [-0.2, 0) is 13.1 Å². The summed E-state index contributed by atoms with van der Waals surface area (Å²) in [7, 11) is 0. The van der Waals surface area contributed by atoms with Crippen molar-refractivity contribution in [3.8, 4) is 22.5 Å². The molecule has 0 unspecified atom stereocenters. The molecule has 0 saturated carbocycles. The van der Waals surface area contributed by atoms with Gasteiger partial charge in [-0.1, -0.05) is 10.4 Å². The number of hydrogen-bond donors (Lipinski definition) is 0. The monoisotopic (exact) mass is 657 g/mol. The van der Waals surface area contributed by atoms with E-state index in [0.29, 0.717) is 33.6 Å². The van der Waals surface area contributed by atoms with Crippen LogP contribution < -0.4 is 139 Å². The number of pyridine rings is 1. The summed E-state index contributed by atoms with van der Waals surface area (Å²) >= 11 is 0. The Labute approximate surface area is 348 Å². The molecular formula is C27H15N7Na4O8. The molecule has 3 heterocycles. The molecule has 46 heavy (non-hydrogen) atoms. The third-order valence-corrected chi connectivity index (χ3v) is 6.02. The number of carboxylic acids is 4. The predicted molar refractivity (Wildman–Crippen MR) is 131 cm³/mol. The van der Waals surface area contributed by atoms with Crippen molar-refractivity contribution in [1.82, 2.24) is 35.0 Å². The fourth-order valence-electron chi connectivity index (χ4n) is 4.15.